The van der Waals surface area contributed by atoms with E-state index in [2.05, 4.69) is 25.9 Å². The lowest BCUT2D eigenvalue weighted by Crippen LogP contribution is -1.98. The minimum Gasteiger partial charge on any atom is -0.309 e. The molecule has 0 spiro atoms. The Morgan fingerprint density at radius 2 is 1.92 bits per heavy atom. The van der Waals surface area contributed by atoms with Crippen molar-refractivity contribution < 1.29 is 0 Å². The first-order valence-corrected chi connectivity index (χ1v) is 4.69. The third-order valence-corrected chi connectivity index (χ3v) is 2.07. The standard InChI is InChI=1S/C9H8BrN3/c1-7-11-8(10)6-9(12-7)13-4-2-3-5-13/h2-6H,1H3. The van der Waals surface area contributed by atoms with Crippen LogP contribution in [0.3, 0.4) is 0 Å². The Hall–Kier alpha value is -1.16. The minimum absolute atomic E-state index is 0.762. The highest BCUT2D eigenvalue weighted by Crippen LogP contribution is 2.11. The molecule has 0 aliphatic rings. The number of aromatic nitrogens is 3. The van der Waals surface area contributed by atoms with Crippen molar-refractivity contribution in [3.63, 3.8) is 0 Å². The summed E-state index contributed by atoms with van der Waals surface area (Å²) in [7, 11) is 0. The number of nitrogens with zero attached hydrogens (tertiary/aromatic N) is 3. The van der Waals surface area contributed by atoms with Crippen molar-refractivity contribution >= 4 is 15.9 Å². The third-order valence-electron chi connectivity index (χ3n) is 1.66. The maximum atomic E-state index is 4.30. The van der Waals surface area contributed by atoms with Crippen molar-refractivity contribution in [2.24, 2.45) is 0 Å². The minimum atomic E-state index is 0.762. The molecule has 2 aromatic rings. The molecule has 4 heteroatoms. The number of aryl methyl sites for hydroxylation is 1. The molecule has 0 N–H and O–H groups in total. The van der Waals surface area contributed by atoms with Gasteiger partial charge in [-0.15, -0.1) is 0 Å². The predicted molar refractivity (Wildman–Crippen MR) is 53.8 cm³/mol. The fourth-order valence-corrected chi connectivity index (χ4v) is 1.60. The second-order valence-electron chi connectivity index (χ2n) is 2.69. The van der Waals surface area contributed by atoms with E-state index < -0.39 is 0 Å². The van der Waals surface area contributed by atoms with Gasteiger partial charge in [0, 0.05) is 18.5 Å². The lowest BCUT2D eigenvalue weighted by Gasteiger charge is -2.02. The van der Waals surface area contributed by atoms with Gasteiger partial charge in [-0.25, -0.2) is 9.97 Å². The summed E-state index contributed by atoms with van der Waals surface area (Å²) in [6.45, 7) is 1.87. The van der Waals surface area contributed by atoms with Gasteiger partial charge in [0.2, 0.25) is 0 Å². The van der Waals surface area contributed by atoms with Crippen molar-refractivity contribution in [2.75, 3.05) is 0 Å². The molecule has 0 amide bonds. The molecule has 2 aromatic heterocycles. The van der Waals surface area contributed by atoms with Gasteiger partial charge >= 0.3 is 0 Å². The van der Waals surface area contributed by atoms with Crippen LogP contribution in [0.15, 0.2) is 35.2 Å². The van der Waals surface area contributed by atoms with Crippen molar-refractivity contribution in [3.8, 4) is 5.82 Å². The molecule has 66 valence electrons. The summed E-state index contributed by atoms with van der Waals surface area (Å²) in [6.07, 6.45) is 3.91. The summed E-state index contributed by atoms with van der Waals surface area (Å²) in [4.78, 5) is 8.43. The Bertz CT molecular complexity index is 389. The lowest BCUT2D eigenvalue weighted by atomic mass is 10.5. The van der Waals surface area contributed by atoms with Crippen LogP contribution in [0.1, 0.15) is 5.82 Å². The maximum Gasteiger partial charge on any atom is 0.141 e. The van der Waals surface area contributed by atoms with E-state index in [0.717, 1.165) is 16.2 Å². The Balaban J connectivity index is 2.53. The first-order valence-electron chi connectivity index (χ1n) is 3.90. The van der Waals surface area contributed by atoms with E-state index in [1.165, 1.54) is 0 Å². The number of hydrogen-bond acceptors (Lipinski definition) is 2. The van der Waals surface area contributed by atoms with E-state index in [-0.39, 0.29) is 0 Å². The van der Waals surface area contributed by atoms with E-state index in [4.69, 9.17) is 0 Å². The monoisotopic (exact) mass is 237 g/mol. The number of halogens is 1. The van der Waals surface area contributed by atoms with Crippen LogP contribution in [-0.4, -0.2) is 14.5 Å². The molecule has 0 aromatic carbocycles. The molecule has 0 radical (unpaired) electrons. The van der Waals surface area contributed by atoms with Crippen LogP contribution >= 0.6 is 15.9 Å². The molecule has 2 heterocycles. The topological polar surface area (TPSA) is 30.7 Å². The van der Waals surface area contributed by atoms with Gasteiger partial charge in [0.1, 0.15) is 16.2 Å². The SMILES string of the molecule is Cc1nc(Br)cc(-n2cccc2)n1. The van der Waals surface area contributed by atoms with Gasteiger partial charge in [-0.2, -0.15) is 0 Å². The highest BCUT2D eigenvalue weighted by molar-refractivity contribution is 9.10. The summed E-state index contributed by atoms with van der Waals surface area (Å²) >= 11 is 3.33. The summed E-state index contributed by atoms with van der Waals surface area (Å²) in [5, 5.41) is 0. The fourth-order valence-electron chi connectivity index (χ4n) is 1.14. The predicted octanol–water partition coefficient (Wildman–Crippen LogP) is 2.34. The average molecular weight is 238 g/mol. The Labute approximate surface area is 84.6 Å². The summed E-state index contributed by atoms with van der Waals surface area (Å²) in [5.74, 6) is 1.64. The smallest absolute Gasteiger partial charge is 0.141 e. The van der Waals surface area contributed by atoms with E-state index in [9.17, 15) is 0 Å². The van der Waals surface area contributed by atoms with Gasteiger partial charge in [0.25, 0.3) is 0 Å². The van der Waals surface area contributed by atoms with Crippen molar-refractivity contribution in [3.05, 3.63) is 41.0 Å². The van der Waals surface area contributed by atoms with Gasteiger partial charge in [-0.1, -0.05) is 0 Å². The molecule has 0 saturated heterocycles. The summed E-state index contributed by atoms with van der Waals surface area (Å²) in [6, 6.07) is 5.81. The van der Waals surface area contributed by atoms with Crippen LogP contribution in [0.4, 0.5) is 0 Å². The van der Waals surface area contributed by atoms with E-state index in [1.54, 1.807) is 0 Å². The second kappa shape index (κ2) is 3.30. The molecule has 2 rings (SSSR count). The quantitative estimate of drug-likeness (QED) is 0.714. The van der Waals surface area contributed by atoms with Gasteiger partial charge in [-0.3, -0.25) is 0 Å². The first-order chi connectivity index (χ1) is 6.25. The Morgan fingerprint density at radius 3 is 2.54 bits per heavy atom. The van der Waals surface area contributed by atoms with Crippen molar-refractivity contribution in [1.82, 2.24) is 14.5 Å². The molecule has 0 fully saturated rings. The molecule has 0 atom stereocenters. The second-order valence-corrected chi connectivity index (χ2v) is 3.50. The van der Waals surface area contributed by atoms with Crippen molar-refractivity contribution in [1.29, 1.82) is 0 Å². The number of hydrogen-bond donors (Lipinski definition) is 0. The van der Waals surface area contributed by atoms with Crippen LogP contribution < -0.4 is 0 Å². The number of rotatable bonds is 1. The van der Waals surface area contributed by atoms with Crippen LogP contribution in [0.5, 0.6) is 0 Å². The zero-order chi connectivity index (χ0) is 9.26. The highest BCUT2D eigenvalue weighted by atomic mass is 79.9. The van der Waals surface area contributed by atoms with E-state index >= 15 is 0 Å². The normalized spacial score (nSPS) is 10.3. The summed E-state index contributed by atoms with van der Waals surface area (Å²) < 4.78 is 2.75. The molecule has 0 aliphatic carbocycles. The fraction of sp³-hybridized carbons (Fsp3) is 0.111. The van der Waals surface area contributed by atoms with Gasteiger partial charge < -0.3 is 4.57 Å². The third kappa shape index (κ3) is 1.78. The molecule has 13 heavy (non-hydrogen) atoms. The molecule has 0 bridgehead atoms. The zero-order valence-electron chi connectivity index (χ0n) is 7.11. The van der Waals surface area contributed by atoms with E-state index in [0.29, 0.717) is 0 Å². The molecule has 0 aliphatic heterocycles. The summed E-state index contributed by atoms with van der Waals surface area (Å²) in [5.41, 5.74) is 0. The highest BCUT2D eigenvalue weighted by Gasteiger charge is 1.99. The lowest BCUT2D eigenvalue weighted by molar-refractivity contribution is 0.935. The molecular weight excluding hydrogens is 230 g/mol. The van der Waals surface area contributed by atoms with Crippen LogP contribution in [0.25, 0.3) is 5.82 Å². The maximum absolute atomic E-state index is 4.30. The van der Waals surface area contributed by atoms with Gasteiger partial charge in [0.05, 0.1) is 0 Å². The van der Waals surface area contributed by atoms with Crippen LogP contribution in [-0.2, 0) is 0 Å². The Morgan fingerprint density at radius 1 is 1.23 bits per heavy atom. The molecule has 3 nitrogen and oxygen atoms in total. The Kier molecular flexibility index (Phi) is 2.14. The molecule has 0 saturated carbocycles. The van der Waals surface area contributed by atoms with Gasteiger partial charge in [0.15, 0.2) is 0 Å². The molecule has 0 unspecified atom stereocenters. The van der Waals surface area contributed by atoms with E-state index in [1.807, 2.05) is 42.1 Å². The first kappa shape index (κ1) is 8.44. The zero-order valence-corrected chi connectivity index (χ0v) is 8.69. The molecular formula is C9H8BrN3. The largest absolute Gasteiger partial charge is 0.309 e. The van der Waals surface area contributed by atoms with Crippen molar-refractivity contribution in [2.45, 2.75) is 6.92 Å². The van der Waals surface area contributed by atoms with Crippen LogP contribution in [0, 0.1) is 6.92 Å². The van der Waals surface area contributed by atoms with Crippen LogP contribution in [0.2, 0.25) is 0 Å². The average Bonchev–Trinajstić information content (AvgIpc) is 2.53. The van der Waals surface area contributed by atoms with Gasteiger partial charge in [-0.05, 0) is 35.0 Å².